The third-order valence-electron chi connectivity index (χ3n) is 1.93. The predicted octanol–water partition coefficient (Wildman–Crippen LogP) is 0.704. The second kappa shape index (κ2) is 7.20. The van der Waals surface area contributed by atoms with Crippen molar-refractivity contribution < 1.29 is 8.42 Å². The highest BCUT2D eigenvalue weighted by Crippen LogP contribution is 1.93. The van der Waals surface area contributed by atoms with Crippen molar-refractivity contribution in [1.82, 2.24) is 10.0 Å². The molecule has 0 aliphatic heterocycles. The Kier molecular flexibility index (Phi) is 7.13. The van der Waals surface area contributed by atoms with Crippen LogP contribution in [-0.4, -0.2) is 33.3 Å². The molecule has 0 saturated carbocycles. The number of sulfonamides is 1. The standard InChI is InChI=1S/C9H22N2O2S/c1-4-6-7-14(12,13)11-8-9(3)10-5-2/h9-11H,4-8H2,1-3H3/t9-/m1/s1. The molecule has 0 aromatic heterocycles. The number of rotatable bonds is 8. The van der Waals surface area contributed by atoms with Gasteiger partial charge in [0.15, 0.2) is 0 Å². The van der Waals surface area contributed by atoms with Gasteiger partial charge < -0.3 is 5.32 Å². The van der Waals surface area contributed by atoms with Crippen molar-refractivity contribution in [2.45, 2.75) is 39.7 Å². The SMILES string of the molecule is CCCCS(=O)(=O)NC[C@@H](C)NCC. The average Bonchev–Trinajstić information content (AvgIpc) is 2.13. The third kappa shape index (κ3) is 7.29. The number of likely N-dealkylation sites (N-methyl/N-ethyl adjacent to an activating group) is 1. The molecule has 0 radical (unpaired) electrons. The molecular formula is C9H22N2O2S. The Balaban J connectivity index is 3.75. The number of nitrogens with one attached hydrogen (secondary N) is 2. The zero-order valence-electron chi connectivity index (χ0n) is 9.34. The minimum absolute atomic E-state index is 0.191. The molecule has 1 atom stereocenters. The molecule has 0 spiro atoms. The van der Waals surface area contributed by atoms with E-state index in [2.05, 4.69) is 10.0 Å². The van der Waals surface area contributed by atoms with E-state index >= 15 is 0 Å². The lowest BCUT2D eigenvalue weighted by molar-refractivity contribution is 0.535. The lowest BCUT2D eigenvalue weighted by atomic mass is 10.3. The molecule has 0 aliphatic rings. The molecule has 0 aliphatic carbocycles. The number of hydrogen-bond acceptors (Lipinski definition) is 3. The third-order valence-corrected chi connectivity index (χ3v) is 3.36. The van der Waals surface area contributed by atoms with Crippen LogP contribution in [-0.2, 0) is 10.0 Å². The van der Waals surface area contributed by atoms with Gasteiger partial charge in [-0.1, -0.05) is 20.3 Å². The van der Waals surface area contributed by atoms with Gasteiger partial charge in [0.2, 0.25) is 10.0 Å². The van der Waals surface area contributed by atoms with Gasteiger partial charge in [0.05, 0.1) is 5.75 Å². The fraction of sp³-hybridized carbons (Fsp3) is 1.00. The molecule has 86 valence electrons. The average molecular weight is 222 g/mol. The van der Waals surface area contributed by atoms with Crippen LogP contribution in [0.4, 0.5) is 0 Å². The summed E-state index contributed by atoms with van der Waals surface area (Å²) in [5.74, 6) is 0.238. The lowest BCUT2D eigenvalue weighted by Gasteiger charge is -2.13. The Morgan fingerprint density at radius 2 is 1.93 bits per heavy atom. The van der Waals surface area contributed by atoms with Gasteiger partial charge >= 0.3 is 0 Å². The van der Waals surface area contributed by atoms with Crippen LogP contribution in [0.25, 0.3) is 0 Å². The summed E-state index contributed by atoms with van der Waals surface area (Å²) in [5.41, 5.74) is 0. The van der Waals surface area contributed by atoms with Crippen molar-refractivity contribution >= 4 is 10.0 Å². The van der Waals surface area contributed by atoms with Gasteiger partial charge in [-0.05, 0) is 19.9 Å². The Morgan fingerprint density at radius 3 is 2.43 bits per heavy atom. The van der Waals surface area contributed by atoms with E-state index in [1.807, 2.05) is 20.8 Å². The van der Waals surface area contributed by atoms with Crippen LogP contribution in [0.5, 0.6) is 0 Å². The minimum atomic E-state index is -3.05. The molecule has 0 saturated heterocycles. The fourth-order valence-electron chi connectivity index (χ4n) is 1.08. The smallest absolute Gasteiger partial charge is 0.211 e. The van der Waals surface area contributed by atoms with Gasteiger partial charge in [-0.15, -0.1) is 0 Å². The van der Waals surface area contributed by atoms with E-state index < -0.39 is 10.0 Å². The molecular weight excluding hydrogens is 200 g/mol. The van der Waals surface area contributed by atoms with Crippen LogP contribution in [0.2, 0.25) is 0 Å². The molecule has 0 heterocycles. The first-order valence-electron chi connectivity index (χ1n) is 5.22. The van der Waals surface area contributed by atoms with Crippen molar-refractivity contribution in [2.75, 3.05) is 18.8 Å². The van der Waals surface area contributed by atoms with Crippen LogP contribution in [0.1, 0.15) is 33.6 Å². The van der Waals surface area contributed by atoms with E-state index in [0.717, 1.165) is 19.4 Å². The van der Waals surface area contributed by atoms with Gasteiger partial charge in [-0.2, -0.15) is 0 Å². The molecule has 0 aromatic rings. The molecule has 2 N–H and O–H groups in total. The number of hydrogen-bond donors (Lipinski definition) is 2. The van der Waals surface area contributed by atoms with Crippen molar-refractivity contribution in [3.8, 4) is 0 Å². The van der Waals surface area contributed by atoms with Crippen LogP contribution in [0.3, 0.4) is 0 Å². The van der Waals surface area contributed by atoms with E-state index in [0.29, 0.717) is 6.54 Å². The Bertz CT molecular complexity index is 227. The van der Waals surface area contributed by atoms with Crippen molar-refractivity contribution in [3.63, 3.8) is 0 Å². The van der Waals surface area contributed by atoms with Gasteiger partial charge in [0.25, 0.3) is 0 Å². The maximum Gasteiger partial charge on any atom is 0.211 e. The quantitative estimate of drug-likeness (QED) is 0.636. The molecule has 0 amide bonds. The first-order chi connectivity index (χ1) is 6.52. The maximum absolute atomic E-state index is 11.4. The maximum atomic E-state index is 11.4. The second-order valence-electron chi connectivity index (χ2n) is 3.48. The van der Waals surface area contributed by atoms with Gasteiger partial charge in [-0.3, -0.25) is 0 Å². The summed E-state index contributed by atoms with van der Waals surface area (Å²) in [7, 11) is -3.05. The summed E-state index contributed by atoms with van der Waals surface area (Å²) in [5, 5.41) is 3.15. The van der Waals surface area contributed by atoms with Crippen LogP contribution in [0, 0.1) is 0 Å². The summed E-state index contributed by atoms with van der Waals surface area (Å²) < 4.78 is 25.3. The fourth-order valence-corrected chi connectivity index (χ4v) is 2.40. The van der Waals surface area contributed by atoms with Crippen LogP contribution >= 0.6 is 0 Å². The lowest BCUT2D eigenvalue weighted by Crippen LogP contribution is -2.39. The van der Waals surface area contributed by atoms with E-state index in [4.69, 9.17) is 0 Å². The largest absolute Gasteiger partial charge is 0.313 e. The predicted molar refractivity (Wildman–Crippen MR) is 59.8 cm³/mol. The van der Waals surface area contributed by atoms with Crippen molar-refractivity contribution in [1.29, 1.82) is 0 Å². The molecule has 14 heavy (non-hydrogen) atoms. The van der Waals surface area contributed by atoms with E-state index in [1.54, 1.807) is 0 Å². The van der Waals surface area contributed by atoms with Crippen molar-refractivity contribution in [3.05, 3.63) is 0 Å². The van der Waals surface area contributed by atoms with Crippen LogP contribution < -0.4 is 10.0 Å². The summed E-state index contributed by atoms with van der Waals surface area (Å²) in [6.45, 7) is 7.28. The zero-order valence-corrected chi connectivity index (χ0v) is 10.2. The van der Waals surface area contributed by atoms with Crippen molar-refractivity contribution in [2.24, 2.45) is 0 Å². The molecule has 0 aromatic carbocycles. The summed E-state index contributed by atoms with van der Waals surface area (Å²) in [4.78, 5) is 0. The second-order valence-corrected chi connectivity index (χ2v) is 5.41. The highest BCUT2D eigenvalue weighted by Gasteiger charge is 2.10. The van der Waals surface area contributed by atoms with E-state index in [-0.39, 0.29) is 11.8 Å². The Hall–Kier alpha value is -0.130. The molecule has 5 heteroatoms. The molecule has 0 bridgehead atoms. The van der Waals surface area contributed by atoms with Gasteiger partial charge in [0, 0.05) is 12.6 Å². The highest BCUT2D eigenvalue weighted by atomic mass is 32.2. The topological polar surface area (TPSA) is 58.2 Å². The summed E-state index contributed by atoms with van der Waals surface area (Å²) in [6.07, 6.45) is 1.63. The normalized spacial score (nSPS) is 14.2. The Labute approximate surface area is 87.5 Å². The molecule has 0 unspecified atom stereocenters. The monoisotopic (exact) mass is 222 g/mol. The molecule has 4 nitrogen and oxygen atoms in total. The number of unbranched alkanes of at least 4 members (excludes halogenated alkanes) is 1. The van der Waals surface area contributed by atoms with E-state index in [9.17, 15) is 8.42 Å². The molecule has 0 rings (SSSR count). The molecule has 0 fully saturated rings. The highest BCUT2D eigenvalue weighted by molar-refractivity contribution is 7.89. The zero-order chi connectivity index (χ0) is 11.0. The van der Waals surface area contributed by atoms with Gasteiger partial charge in [0.1, 0.15) is 0 Å². The Morgan fingerprint density at radius 1 is 1.29 bits per heavy atom. The first kappa shape index (κ1) is 13.9. The summed E-state index contributed by atoms with van der Waals surface area (Å²) in [6, 6.07) is 0.191. The first-order valence-corrected chi connectivity index (χ1v) is 6.87. The summed E-state index contributed by atoms with van der Waals surface area (Å²) >= 11 is 0. The van der Waals surface area contributed by atoms with E-state index in [1.165, 1.54) is 0 Å². The van der Waals surface area contributed by atoms with Crippen LogP contribution in [0.15, 0.2) is 0 Å². The minimum Gasteiger partial charge on any atom is -0.313 e. The van der Waals surface area contributed by atoms with Gasteiger partial charge in [-0.25, -0.2) is 13.1 Å².